The van der Waals surface area contributed by atoms with Gasteiger partial charge in [-0.25, -0.2) is 9.67 Å². The highest BCUT2D eigenvalue weighted by atomic mass is 32.1. The Kier molecular flexibility index (Phi) is 5.62. The van der Waals surface area contributed by atoms with Gasteiger partial charge in [0.2, 0.25) is 0 Å². The number of nitrogens with one attached hydrogen (secondary N) is 1. The van der Waals surface area contributed by atoms with E-state index in [1.807, 2.05) is 38.1 Å². The lowest BCUT2D eigenvalue weighted by atomic mass is 10.3. The molecule has 3 aromatic rings. The SMILES string of the molecule is CC(C)n1nccc1NC(=O)COC(=O)CCc1nc2ccccc2s1. The second-order valence-corrected chi connectivity index (χ2v) is 7.15. The minimum Gasteiger partial charge on any atom is -0.456 e. The smallest absolute Gasteiger partial charge is 0.306 e. The standard InChI is InChI=1S/C18H20N4O3S/c1-12(2)22-15(9-10-19-22)21-16(23)11-25-18(24)8-7-17-20-13-5-3-4-6-14(13)26-17/h3-6,9-10,12H,7-8,11H2,1-2H3,(H,21,23). The Morgan fingerprint density at radius 3 is 2.85 bits per heavy atom. The number of fused-ring (bicyclic) bond motifs is 1. The van der Waals surface area contributed by atoms with Crippen LogP contribution in [0.25, 0.3) is 10.2 Å². The molecule has 0 bridgehead atoms. The minimum atomic E-state index is -0.420. The maximum atomic E-state index is 11.9. The molecule has 0 aliphatic heterocycles. The Morgan fingerprint density at radius 1 is 1.27 bits per heavy atom. The van der Waals surface area contributed by atoms with Crippen LogP contribution in [0.1, 0.15) is 31.3 Å². The van der Waals surface area contributed by atoms with Crippen molar-refractivity contribution in [1.82, 2.24) is 14.8 Å². The normalized spacial score (nSPS) is 11.0. The van der Waals surface area contributed by atoms with E-state index in [2.05, 4.69) is 15.4 Å². The highest BCUT2D eigenvalue weighted by molar-refractivity contribution is 7.18. The van der Waals surface area contributed by atoms with Crippen molar-refractivity contribution < 1.29 is 14.3 Å². The number of nitrogens with zero attached hydrogens (tertiary/aromatic N) is 3. The molecule has 0 spiro atoms. The molecule has 0 aliphatic carbocycles. The number of hydrogen-bond donors (Lipinski definition) is 1. The summed E-state index contributed by atoms with van der Waals surface area (Å²) < 4.78 is 7.83. The Bertz CT molecular complexity index is 883. The summed E-state index contributed by atoms with van der Waals surface area (Å²) >= 11 is 1.56. The number of carbonyl (C=O) groups is 2. The van der Waals surface area contributed by atoms with E-state index in [0.717, 1.165) is 15.2 Å². The number of benzene rings is 1. The molecule has 0 saturated carbocycles. The van der Waals surface area contributed by atoms with Crippen LogP contribution in [0, 0.1) is 0 Å². The third kappa shape index (κ3) is 4.45. The zero-order valence-electron chi connectivity index (χ0n) is 14.6. The highest BCUT2D eigenvalue weighted by Crippen LogP contribution is 2.22. The van der Waals surface area contributed by atoms with Crippen molar-refractivity contribution in [2.75, 3.05) is 11.9 Å². The predicted molar refractivity (Wildman–Crippen MR) is 100 cm³/mol. The van der Waals surface area contributed by atoms with Gasteiger partial charge in [-0.3, -0.25) is 9.59 Å². The number of aromatic nitrogens is 3. The van der Waals surface area contributed by atoms with E-state index in [9.17, 15) is 9.59 Å². The first-order valence-corrected chi connectivity index (χ1v) is 9.18. The molecule has 2 heterocycles. The number of rotatable bonds is 7. The second kappa shape index (κ2) is 8.09. The topological polar surface area (TPSA) is 86.1 Å². The molecule has 3 rings (SSSR count). The third-order valence-corrected chi connectivity index (χ3v) is 4.77. The summed E-state index contributed by atoms with van der Waals surface area (Å²) in [5, 5.41) is 7.71. The largest absolute Gasteiger partial charge is 0.456 e. The van der Waals surface area contributed by atoms with E-state index in [4.69, 9.17) is 4.74 Å². The third-order valence-electron chi connectivity index (χ3n) is 3.67. The number of hydrogen-bond acceptors (Lipinski definition) is 6. The first-order chi connectivity index (χ1) is 12.5. The number of amides is 1. The molecule has 0 aliphatic rings. The molecule has 136 valence electrons. The molecule has 2 aromatic heterocycles. The molecular weight excluding hydrogens is 352 g/mol. The molecular formula is C18H20N4O3S. The van der Waals surface area contributed by atoms with Crippen molar-refractivity contribution in [3.63, 3.8) is 0 Å². The number of ether oxygens (including phenoxy) is 1. The fourth-order valence-corrected chi connectivity index (χ4v) is 3.42. The molecule has 7 nitrogen and oxygen atoms in total. The van der Waals surface area contributed by atoms with Gasteiger partial charge in [0.15, 0.2) is 6.61 Å². The molecule has 1 N–H and O–H groups in total. The van der Waals surface area contributed by atoms with Crippen LogP contribution in [-0.4, -0.2) is 33.2 Å². The zero-order valence-corrected chi connectivity index (χ0v) is 15.5. The van der Waals surface area contributed by atoms with Gasteiger partial charge in [0.05, 0.1) is 27.8 Å². The maximum absolute atomic E-state index is 11.9. The summed E-state index contributed by atoms with van der Waals surface area (Å²) in [5.41, 5.74) is 0.932. The molecule has 8 heteroatoms. The fourth-order valence-electron chi connectivity index (χ4n) is 2.46. The first kappa shape index (κ1) is 18.1. The zero-order chi connectivity index (χ0) is 18.5. The lowest BCUT2D eigenvalue weighted by molar-refractivity contribution is -0.147. The monoisotopic (exact) mass is 372 g/mol. The van der Waals surface area contributed by atoms with Crippen molar-refractivity contribution in [2.45, 2.75) is 32.7 Å². The van der Waals surface area contributed by atoms with Gasteiger partial charge in [0.25, 0.3) is 5.91 Å². The Labute approximate surface area is 155 Å². The van der Waals surface area contributed by atoms with Crippen LogP contribution in [0.4, 0.5) is 5.82 Å². The average molecular weight is 372 g/mol. The molecule has 1 aromatic carbocycles. The van der Waals surface area contributed by atoms with Crippen LogP contribution in [0.2, 0.25) is 0 Å². The van der Waals surface area contributed by atoms with Crippen molar-refractivity contribution in [3.8, 4) is 0 Å². The summed E-state index contributed by atoms with van der Waals surface area (Å²) in [5.74, 6) is -0.229. The lowest BCUT2D eigenvalue weighted by Gasteiger charge is -2.11. The van der Waals surface area contributed by atoms with Gasteiger partial charge in [-0.15, -0.1) is 11.3 Å². The Morgan fingerprint density at radius 2 is 2.08 bits per heavy atom. The molecule has 0 fully saturated rings. The van der Waals surface area contributed by atoms with Gasteiger partial charge >= 0.3 is 5.97 Å². The summed E-state index contributed by atoms with van der Waals surface area (Å²) in [6.45, 7) is 3.61. The number of anilines is 1. The Hall–Kier alpha value is -2.74. The quantitative estimate of drug-likeness (QED) is 0.644. The first-order valence-electron chi connectivity index (χ1n) is 8.36. The second-order valence-electron chi connectivity index (χ2n) is 6.04. The Balaban J connectivity index is 1.44. The summed E-state index contributed by atoms with van der Waals surface area (Å²) in [7, 11) is 0. The molecule has 0 atom stereocenters. The number of aryl methyl sites for hydroxylation is 1. The van der Waals surface area contributed by atoms with Gasteiger partial charge in [0.1, 0.15) is 5.82 Å². The molecule has 26 heavy (non-hydrogen) atoms. The van der Waals surface area contributed by atoms with E-state index < -0.39 is 5.97 Å². The number of carbonyl (C=O) groups excluding carboxylic acids is 2. The van der Waals surface area contributed by atoms with Crippen molar-refractivity contribution in [3.05, 3.63) is 41.5 Å². The van der Waals surface area contributed by atoms with Crippen LogP contribution in [-0.2, 0) is 20.7 Å². The number of esters is 1. The number of thiazole rings is 1. The average Bonchev–Trinajstić information content (AvgIpc) is 3.24. The molecule has 0 radical (unpaired) electrons. The fraction of sp³-hybridized carbons (Fsp3) is 0.333. The van der Waals surface area contributed by atoms with Crippen LogP contribution in [0.15, 0.2) is 36.5 Å². The molecule has 0 unspecified atom stereocenters. The van der Waals surface area contributed by atoms with E-state index in [1.165, 1.54) is 0 Å². The van der Waals surface area contributed by atoms with Crippen LogP contribution >= 0.6 is 11.3 Å². The highest BCUT2D eigenvalue weighted by Gasteiger charge is 2.13. The van der Waals surface area contributed by atoms with Crippen LogP contribution in [0.5, 0.6) is 0 Å². The summed E-state index contributed by atoms with van der Waals surface area (Å²) in [6.07, 6.45) is 2.30. The van der Waals surface area contributed by atoms with Gasteiger partial charge in [-0.2, -0.15) is 5.10 Å². The summed E-state index contributed by atoms with van der Waals surface area (Å²) in [6, 6.07) is 9.66. The van der Waals surface area contributed by atoms with Gasteiger partial charge in [0, 0.05) is 18.5 Å². The molecule has 1 amide bonds. The minimum absolute atomic E-state index is 0.122. The maximum Gasteiger partial charge on any atom is 0.306 e. The van der Waals surface area contributed by atoms with Crippen LogP contribution in [0.3, 0.4) is 0 Å². The van der Waals surface area contributed by atoms with E-state index >= 15 is 0 Å². The van der Waals surface area contributed by atoms with Crippen LogP contribution < -0.4 is 5.32 Å². The van der Waals surface area contributed by atoms with E-state index in [-0.39, 0.29) is 25.0 Å². The van der Waals surface area contributed by atoms with Gasteiger partial charge < -0.3 is 10.1 Å². The van der Waals surface area contributed by atoms with E-state index in [1.54, 1.807) is 28.3 Å². The van der Waals surface area contributed by atoms with Gasteiger partial charge in [-0.05, 0) is 26.0 Å². The van der Waals surface area contributed by atoms with Gasteiger partial charge in [-0.1, -0.05) is 12.1 Å². The lowest BCUT2D eigenvalue weighted by Crippen LogP contribution is -2.23. The number of para-hydroxylation sites is 1. The van der Waals surface area contributed by atoms with Crippen molar-refractivity contribution in [1.29, 1.82) is 0 Å². The predicted octanol–water partition coefficient (Wildman–Crippen LogP) is 3.19. The molecule has 0 saturated heterocycles. The van der Waals surface area contributed by atoms with Crippen molar-refractivity contribution in [2.24, 2.45) is 0 Å². The van der Waals surface area contributed by atoms with E-state index in [0.29, 0.717) is 12.2 Å². The summed E-state index contributed by atoms with van der Waals surface area (Å²) in [4.78, 5) is 28.3. The van der Waals surface area contributed by atoms with Crippen molar-refractivity contribution >= 4 is 39.2 Å².